The molecule has 0 bridgehead atoms. The van der Waals surface area contributed by atoms with Crippen LogP contribution in [0.1, 0.15) is 36.5 Å². The summed E-state index contributed by atoms with van der Waals surface area (Å²) in [6, 6.07) is 6.19. The zero-order valence-corrected chi connectivity index (χ0v) is 11.5. The highest BCUT2D eigenvalue weighted by Gasteiger charge is 2.36. The van der Waals surface area contributed by atoms with Crippen molar-refractivity contribution in [1.29, 1.82) is 0 Å². The zero-order valence-electron chi connectivity index (χ0n) is 11.5. The number of carboxylic acid groups (broad SMARTS) is 1. The summed E-state index contributed by atoms with van der Waals surface area (Å²) in [5, 5.41) is 9.47. The predicted molar refractivity (Wildman–Crippen MR) is 73.7 cm³/mol. The van der Waals surface area contributed by atoms with Crippen molar-refractivity contribution in [3.8, 4) is 0 Å². The number of rotatable bonds is 6. The van der Waals surface area contributed by atoms with Gasteiger partial charge < -0.3 is 10.8 Å². The topological polar surface area (TPSA) is 63.3 Å². The molecule has 0 aromatic heterocycles. The lowest BCUT2D eigenvalue weighted by Gasteiger charge is -2.28. The molecule has 0 heterocycles. The van der Waals surface area contributed by atoms with E-state index in [1.54, 1.807) is 0 Å². The van der Waals surface area contributed by atoms with Gasteiger partial charge in [0.1, 0.15) is 0 Å². The van der Waals surface area contributed by atoms with Gasteiger partial charge in [-0.25, -0.2) is 0 Å². The maximum Gasteiger partial charge on any atom is 0.311 e. The summed E-state index contributed by atoms with van der Waals surface area (Å²) >= 11 is 0. The molecular weight excluding hydrogens is 226 g/mol. The molecule has 0 amide bonds. The van der Waals surface area contributed by atoms with E-state index in [0.717, 1.165) is 23.1 Å². The molecule has 0 saturated heterocycles. The summed E-state index contributed by atoms with van der Waals surface area (Å²) in [5.74, 6) is -0.786. The van der Waals surface area contributed by atoms with Gasteiger partial charge >= 0.3 is 5.97 Å². The molecule has 18 heavy (non-hydrogen) atoms. The van der Waals surface area contributed by atoms with Crippen LogP contribution in [0, 0.1) is 19.3 Å². The number of carbonyl (C=O) groups is 1. The molecule has 0 fully saturated rings. The number of aliphatic carboxylic acids is 1. The molecular formula is C15H23NO2. The second-order valence-corrected chi connectivity index (χ2v) is 5.21. The van der Waals surface area contributed by atoms with Gasteiger partial charge in [0.15, 0.2) is 0 Å². The van der Waals surface area contributed by atoms with Crippen LogP contribution in [0.2, 0.25) is 0 Å². The van der Waals surface area contributed by atoms with Crippen molar-refractivity contribution in [2.75, 3.05) is 6.54 Å². The number of carboxylic acids is 1. The number of nitrogens with two attached hydrogens (primary N) is 1. The Morgan fingerprint density at radius 2 is 1.83 bits per heavy atom. The van der Waals surface area contributed by atoms with Crippen molar-refractivity contribution in [2.45, 2.75) is 40.0 Å². The number of hydrogen-bond acceptors (Lipinski definition) is 2. The van der Waals surface area contributed by atoms with Crippen molar-refractivity contribution in [3.63, 3.8) is 0 Å². The van der Waals surface area contributed by atoms with E-state index < -0.39 is 11.4 Å². The van der Waals surface area contributed by atoms with Gasteiger partial charge in [-0.2, -0.15) is 0 Å². The molecule has 1 unspecified atom stereocenters. The molecule has 0 aliphatic heterocycles. The van der Waals surface area contributed by atoms with Gasteiger partial charge in [-0.1, -0.05) is 42.7 Å². The Balaban J connectivity index is 3.05. The molecule has 0 aliphatic carbocycles. The first kappa shape index (κ1) is 14.7. The summed E-state index contributed by atoms with van der Waals surface area (Å²) < 4.78 is 0. The number of benzene rings is 1. The predicted octanol–water partition coefficient (Wildman–Crippen LogP) is 2.68. The van der Waals surface area contributed by atoms with E-state index >= 15 is 0 Å². The van der Waals surface area contributed by atoms with Crippen molar-refractivity contribution in [2.24, 2.45) is 11.1 Å². The van der Waals surface area contributed by atoms with Gasteiger partial charge in [0.05, 0.1) is 5.41 Å². The molecule has 3 heteroatoms. The highest BCUT2D eigenvalue weighted by molar-refractivity contribution is 5.75. The second-order valence-electron chi connectivity index (χ2n) is 5.21. The molecule has 1 rings (SSSR count). The quantitative estimate of drug-likeness (QED) is 0.814. The van der Waals surface area contributed by atoms with Gasteiger partial charge in [0, 0.05) is 6.54 Å². The van der Waals surface area contributed by atoms with Crippen LogP contribution >= 0.6 is 0 Å². The maximum atomic E-state index is 11.5. The highest BCUT2D eigenvalue weighted by Crippen LogP contribution is 2.29. The number of hydrogen-bond donors (Lipinski definition) is 2. The SMILES string of the molecule is CCCC(CN)(Cc1cc(C)cc(C)c1)C(=O)O. The minimum atomic E-state index is -0.824. The van der Waals surface area contributed by atoms with E-state index in [1.165, 1.54) is 0 Å². The lowest BCUT2D eigenvalue weighted by Crippen LogP contribution is -2.40. The Hall–Kier alpha value is -1.35. The fraction of sp³-hybridized carbons (Fsp3) is 0.533. The average Bonchev–Trinajstić information content (AvgIpc) is 2.26. The average molecular weight is 249 g/mol. The Bertz CT molecular complexity index is 408. The van der Waals surface area contributed by atoms with Crippen molar-refractivity contribution in [3.05, 3.63) is 34.9 Å². The summed E-state index contributed by atoms with van der Waals surface area (Å²) in [6.07, 6.45) is 1.95. The van der Waals surface area contributed by atoms with Crippen LogP contribution in [-0.4, -0.2) is 17.6 Å². The van der Waals surface area contributed by atoms with Gasteiger partial charge in [-0.3, -0.25) is 4.79 Å². The fourth-order valence-corrected chi connectivity index (χ4v) is 2.57. The van der Waals surface area contributed by atoms with Crippen LogP contribution in [0.25, 0.3) is 0 Å². The van der Waals surface area contributed by atoms with Gasteiger partial charge in [-0.05, 0) is 32.3 Å². The van der Waals surface area contributed by atoms with Crippen LogP contribution in [0.4, 0.5) is 0 Å². The maximum absolute atomic E-state index is 11.5. The van der Waals surface area contributed by atoms with Crippen LogP contribution in [0.15, 0.2) is 18.2 Å². The first-order chi connectivity index (χ1) is 8.43. The monoisotopic (exact) mass is 249 g/mol. The Morgan fingerprint density at radius 1 is 1.28 bits per heavy atom. The first-order valence-electron chi connectivity index (χ1n) is 6.44. The zero-order chi connectivity index (χ0) is 13.8. The third kappa shape index (κ3) is 3.33. The van der Waals surface area contributed by atoms with Gasteiger partial charge in [-0.15, -0.1) is 0 Å². The van der Waals surface area contributed by atoms with E-state index in [9.17, 15) is 9.90 Å². The van der Waals surface area contributed by atoms with Crippen LogP contribution in [0.5, 0.6) is 0 Å². The smallest absolute Gasteiger partial charge is 0.311 e. The molecule has 0 aliphatic rings. The van der Waals surface area contributed by atoms with Crippen molar-refractivity contribution < 1.29 is 9.90 Å². The lowest BCUT2D eigenvalue weighted by molar-refractivity contribution is -0.148. The van der Waals surface area contributed by atoms with E-state index in [1.807, 2.05) is 20.8 Å². The van der Waals surface area contributed by atoms with E-state index in [2.05, 4.69) is 18.2 Å². The van der Waals surface area contributed by atoms with E-state index in [4.69, 9.17) is 5.73 Å². The molecule has 3 N–H and O–H groups in total. The largest absolute Gasteiger partial charge is 0.481 e. The molecule has 0 saturated carbocycles. The summed E-state index contributed by atoms with van der Waals surface area (Å²) in [5.41, 5.74) is 8.31. The van der Waals surface area contributed by atoms with E-state index in [-0.39, 0.29) is 6.54 Å². The third-order valence-electron chi connectivity index (χ3n) is 3.40. The Morgan fingerprint density at radius 3 is 2.22 bits per heavy atom. The second kappa shape index (κ2) is 6.01. The minimum absolute atomic E-state index is 0.184. The molecule has 0 spiro atoms. The fourth-order valence-electron chi connectivity index (χ4n) is 2.57. The van der Waals surface area contributed by atoms with Crippen LogP contribution < -0.4 is 5.73 Å². The normalized spacial score (nSPS) is 14.2. The molecule has 1 aromatic carbocycles. The van der Waals surface area contributed by atoms with Gasteiger partial charge in [0.25, 0.3) is 0 Å². The standard InChI is InChI=1S/C15H23NO2/c1-4-5-15(10-16,14(17)18)9-13-7-11(2)6-12(3)8-13/h6-8H,4-5,9-10,16H2,1-3H3,(H,17,18). The van der Waals surface area contributed by atoms with Crippen LogP contribution in [0.3, 0.4) is 0 Å². The van der Waals surface area contributed by atoms with E-state index in [0.29, 0.717) is 12.8 Å². The Labute approximate surface area is 109 Å². The number of aryl methyl sites for hydroxylation is 2. The molecule has 1 atom stereocenters. The lowest BCUT2D eigenvalue weighted by atomic mass is 9.77. The van der Waals surface area contributed by atoms with Gasteiger partial charge in [0.2, 0.25) is 0 Å². The van der Waals surface area contributed by atoms with Crippen LogP contribution in [-0.2, 0) is 11.2 Å². The summed E-state index contributed by atoms with van der Waals surface area (Å²) in [7, 11) is 0. The molecule has 1 aromatic rings. The highest BCUT2D eigenvalue weighted by atomic mass is 16.4. The Kier molecular flexibility index (Phi) is 4.91. The molecule has 100 valence electrons. The van der Waals surface area contributed by atoms with Crippen molar-refractivity contribution >= 4 is 5.97 Å². The van der Waals surface area contributed by atoms with Crippen molar-refractivity contribution in [1.82, 2.24) is 0 Å². The molecule has 0 radical (unpaired) electrons. The summed E-state index contributed by atoms with van der Waals surface area (Å²) in [4.78, 5) is 11.5. The first-order valence-corrected chi connectivity index (χ1v) is 6.44. The summed E-state index contributed by atoms with van der Waals surface area (Å²) in [6.45, 7) is 6.24. The molecule has 3 nitrogen and oxygen atoms in total. The third-order valence-corrected chi connectivity index (χ3v) is 3.40. The minimum Gasteiger partial charge on any atom is -0.481 e.